The highest BCUT2D eigenvalue weighted by molar-refractivity contribution is 8.28. The Bertz CT molecular complexity index is 1900. The van der Waals surface area contributed by atoms with Gasteiger partial charge in [0.2, 0.25) is 12.1 Å². The van der Waals surface area contributed by atoms with Crippen LogP contribution >= 0.6 is 10.5 Å². The number of benzene rings is 3. The number of tetrazole rings is 1. The lowest BCUT2D eigenvalue weighted by molar-refractivity contribution is -0.0901. The van der Waals surface area contributed by atoms with Crippen molar-refractivity contribution in [2.45, 2.75) is 71.2 Å². The van der Waals surface area contributed by atoms with Crippen LogP contribution in [0.25, 0.3) is 22.5 Å². The minimum Gasteiger partial charge on any atom is -0.431 e. The molecule has 50 heavy (non-hydrogen) atoms. The molecule has 1 aliphatic heterocycles. The molecule has 2 N–H and O–H groups in total. The van der Waals surface area contributed by atoms with Crippen LogP contribution in [-0.2, 0) is 14.2 Å². The summed E-state index contributed by atoms with van der Waals surface area (Å²) in [5.74, 6) is -0.934. The molecule has 4 aromatic rings. The number of aliphatic imine (C=N–C) groups is 1. The van der Waals surface area contributed by atoms with E-state index in [-0.39, 0.29) is 17.2 Å². The van der Waals surface area contributed by atoms with E-state index >= 15 is 0 Å². The average Bonchev–Trinajstić information content (AvgIpc) is 3.69. The molecule has 1 fully saturated rings. The van der Waals surface area contributed by atoms with E-state index < -0.39 is 34.8 Å². The number of ether oxygens (including phenoxy) is 3. The molecule has 1 saturated carbocycles. The number of rotatable bonds is 9. The van der Waals surface area contributed by atoms with Crippen LogP contribution in [0.3, 0.4) is 0 Å². The Kier molecular flexibility index (Phi) is 11.1. The maximum absolute atomic E-state index is 13.8. The van der Waals surface area contributed by atoms with Crippen molar-refractivity contribution in [3.05, 3.63) is 83.9 Å². The third-order valence-electron chi connectivity index (χ3n) is 8.52. The van der Waals surface area contributed by atoms with Crippen molar-refractivity contribution in [2.24, 2.45) is 4.99 Å². The third-order valence-corrected chi connectivity index (χ3v) is 10.5. The number of amides is 1. The molecule has 2 aliphatic rings. The predicted molar refractivity (Wildman–Crippen MR) is 192 cm³/mol. The van der Waals surface area contributed by atoms with Gasteiger partial charge in [0, 0.05) is 17.5 Å². The van der Waals surface area contributed by atoms with Crippen LogP contribution in [-0.4, -0.2) is 67.5 Å². The molecule has 1 aromatic heterocycles. The van der Waals surface area contributed by atoms with E-state index in [0.29, 0.717) is 11.0 Å². The number of nitrogens with one attached hydrogen (secondary N) is 2. The summed E-state index contributed by atoms with van der Waals surface area (Å²) in [4.78, 5) is 44.9. The number of H-pyrrole nitrogens is 1. The van der Waals surface area contributed by atoms with Crippen molar-refractivity contribution in [3.8, 4) is 22.5 Å². The second-order valence-corrected chi connectivity index (χ2v) is 13.8. The molecule has 13 nitrogen and oxygen atoms in total. The first kappa shape index (κ1) is 34.6. The van der Waals surface area contributed by atoms with Crippen molar-refractivity contribution in [1.29, 1.82) is 0 Å². The Hall–Kier alpha value is -5.21. The molecule has 3 aromatic carbocycles. The lowest BCUT2D eigenvalue weighted by Gasteiger charge is -2.21. The van der Waals surface area contributed by atoms with E-state index in [9.17, 15) is 14.4 Å². The molecule has 2 unspecified atom stereocenters. The number of amidine groups is 1. The fourth-order valence-corrected chi connectivity index (χ4v) is 7.49. The minimum atomic E-state index is -1.23. The average molecular weight is 698 g/mol. The van der Waals surface area contributed by atoms with E-state index in [2.05, 4.69) is 31.0 Å². The molecular formula is C36H39N7O6S. The summed E-state index contributed by atoms with van der Waals surface area (Å²) >= 11 is 0. The molecule has 2 atom stereocenters. The number of carbonyl (C=O) groups excluding carboxylic acids is 3. The van der Waals surface area contributed by atoms with Crippen LogP contribution in [0.1, 0.15) is 79.5 Å². The Morgan fingerprint density at radius 3 is 2.28 bits per heavy atom. The minimum absolute atomic E-state index is 0.00671. The van der Waals surface area contributed by atoms with E-state index in [1.165, 1.54) is 19.1 Å². The molecule has 0 saturated heterocycles. The Morgan fingerprint density at radius 2 is 1.60 bits per heavy atom. The van der Waals surface area contributed by atoms with Gasteiger partial charge in [-0.15, -0.1) is 20.7 Å². The second kappa shape index (κ2) is 16.0. The van der Waals surface area contributed by atoms with Gasteiger partial charge in [-0.1, -0.05) is 68.3 Å². The molecule has 0 radical (unpaired) electrons. The van der Waals surface area contributed by atoms with Crippen LogP contribution < -0.4 is 10.4 Å². The van der Waals surface area contributed by atoms with Gasteiger partial charge in [0.25, 0.3) is 5.91 Å². The number of hydrogen-bond acceptors (Lipinski definition) is 10. The van der Waals surface area contributed by atoms with E-state index in [1.807, 2.05) is 61.7 Å². The maximum Gasteiger partial charge on any atom is 0.511 e. The summed E-state index contributed by atoms with van der Waals surface area (Å²) in [5.41, 5.74) is 6.98. The summed E-state index contributed by atoms with van der Waals surface area (Å²) in [7, 11) is -0.530. The van der Waals surface area contributed by atoms with Gasteiger partial charge in [-0.3, -0.25) is 4.79 Å². The van der Waals surface area contributed by atoms with Crippen LogP contribution in [0.5, 0.6) is 0 Å². The summed E-state index contributed by atoms with van der Waals surface area (Å²) in [5, 5.41) is 16.8. The van der Waals surface area contributed by atoms with E-state index in [1.54, 1.807) is 17.1 Å². The number of esters is 1. The smallest absolute Gasteiger partial charge is 0.431 e. The van der Waals surface area contributed by atoms with Gasteiger partial charge in [0.1, 0.15) is 6.10 Å². The lowest BCUT2D eigenvalue weighted by Crippen LogP contribution is -2.39. The third kappa shape index (κ3) is 7.98. The van der Waals surface area contributed by atoms with Crippen LogP contribution in [0.15, 0.2) is 77.8 Å². The van der Waals surface area contributed by atoms with Crippen molar-refractivity contribution in [1.82, 2.24) is 26.0 Å². The zero-order valence-corrected chi connectivity index (χ0v) is 28.9. The topological polar surface area (TPSA) is 161 Å². The summed E-state index contributed by atoms with van der Waals surface area (Å²) < 4.78 is 16.1. The van der Waals surface area contributed by atoms with E-state index in [4.69, 9.17) is 14.2 Å². The number of hydrogen-bond donors (Lipinski definition) is 2. The Morgan fingerprint density at radius 1 is 0.920 bits per heavy atom. The molecule has 1 amide bonds. The van der Waals surface area contributed by atoms with Crippen LogP contribution in [0, 0.1) is 0 Å². The highest BCUT2D eigenvalue weighted by Crippen LogP contribution is 2.33. The SMILES string of the molecule is CCC1=S(C)C(=NC(=O)c2ccccc2C(=O)OC(C)OC(=O)OC2CCCCCC2)N(c2ccc(-c3ccccc3-c3nn[nH]n3)cc2)N1. The first-order chi connectivity index (χ1) is 24.3. The normalized spacial score (nSPS) is 18.1. The molecule has 260 valence electrons. The standard InChI is InChI=1S/C36H39N7O6S/c1-4-31-40-43(25-21-19-24(20-22-25)27-15-9-10-16-28(27)32-38-41-42-39-32)35(50(31)3)37-33(44)29-17-11-12-18-30(29)34(45)47-23(2)48-36(46)49-26-13-7-5-6-8-14-26/h9-12,15-23,26,40H,4-8,13-14H2,1-3H3,(H,38,39,41,42). The zero-order chi connectivity index (χ0) is 35.0. The molecule has 6 rings (SSSR count). The van der Waals surface area contributed by atoms with Gasteiger partial charge in [-0.05, 0) is 79.0 Å². The fourth-order valence-electron chi connectivity index (χ4n) is 5.97. The molecule has 0 bridgehead atoms. The Balaban J connectivity index is 1.19. The molecule has 14 heteroatoms. The predicted octanol–water partition coefficient (Wildman–Crippen LogP) is 6.87. The van der Waals surface area contributed by atoms with Crippen LogP contribution in [0.4, 0.5) is 10.5 Å². The van der Waals surface area contributed by atoms with Crippen molar-refractivity contribution < 1.29 is 28.6 Å². The van der Waals surface area contributed by atoms with E-state index in [0.717, 1.165) is 72.3 Å². The monoisotopic (exact) mass is 697 g/mol. The highest BCUT2D eigenvalue weighted by Gasteiger charge is 2.29. The summed E-state index contributed by atoms with van der Waals surface area (Å²) in [6, 6.07) is 21.9. The maximum atomic E-state index is 13.8. The Labute approximate surface area is 292 Å². The number of hydrazine groups is 1. The number of anilines is 1. The molecular weight excluding hydrogens is 659 g/mol. The highest BCUT2D eigenvalue weighted by atomic mass is 32.2. The largest absolute Gasteiger partial charge is 0.511 e. The number of aromatic amines is 1. The van der Waals surface area contributed by atoms with Crippen molar-refractivity contribution in [2.75, 3.05) is 11.3 Å². The van der Waals surface area contributed by atoms with Crippen molar-refractivity contribution in [3.63, 3.8) is 0 Å². The van der Waals surface area contributed by atoms with Gasteiger partial charge in [0.15, 0.2) is 5.17 Å². The first-order valence-corrected chi connectivity index (χ1v) is 18.3. The fraction of sp³-hybridized carbons (Fsp3) is 0.333. The number of carbonyl (C=O) groups is 3. The molecule has 0 spiro atoms. The number of aromatic nitrogens is 4. The van der Waals surface area contributed by atoms with Gasteiger partial charge >= 0.3 is 12.1 Å². The number of nitrogens with zero attached hydrogens (tertiary/aromatic N) is 5. The second-order valence-electron chi connectivity index (χ2n) is 11.9. The zero-order valence-electron chi connectivity index (χ0n) is 28.1. The lowest BCUT2D eigenvalue weighted by atomic mass is 9.99. The summed E-state index contributed by atoms with van der Waals surface area (Å²) in [6.45, 7) is 3.46. The molecule has 1 aliphatic carbocycles. The quantitative estimate of drug-likeness (QED) is 0.0813. The van der Waals surface area contributed by atoms with Gasteiger partial charge in [0.05, 0.1) is 16.8 Å². The van der Waals surface area contributed by atoms with Crippen LogP contribution in [0.2, 0.25) is 0 Å². The van der Waals surface area contributed by atoms with Gasteiger partial charge < -0.3 is 14.2 Å². The molecule has 2 heterocycles. The van der Waals surface area contributed by atoms with Gasteiger partial charge in [-0.25, -0.2) is 14.6 Å². The summed E-state index contributed by atoms with van der Waals surface area (Å²) in [6.07, 6.45) is 6.20. The van der Waals surface area contributed by atoms with Crippen molar-refractivity contribution >= 4 is 44.4 Å². The first-order valence-electron chi connectivity index (χ1n) is 16.6. The van der Waals surface area contributed by atoms with Gasteiger partial charge in [-0.2, -0.15) is 15.6 Å².